The van der Waals surface area contributed by atoms with Crippen molar-refractivity contribution in [3.05, 3.63) is 41.2 Å². The zero-order chi connectivity index (χ0) is 21.0. The summed E-state index contributed by atoms with van der Waals surface area (Å²) in [5.41, 5.74) is 11.7. The van der Waals surface area contributed by atoms with Gasteiger partial charge in [0.05, 0.1) is 23.1 Å². The monoisotopic (exact) mass is 392 g/mol. The molecular formula is C19H26F2N6O. The van der Waals surface area contributed by atoms with Gasteiger partial charge in [-0.2, -0.15) is 0 Å². The Morgan fingerprint density at radius 3 is 2.39 bits per heavy atom. The number of nitrogens with two attached hydrogens (primary N) is 2. The summed E-state index contributed by atoms with van der Waals surface area (Å²) in [6.07, 6.45) is 2.08. The predicted octanol–water partition coefficient (Wildman–Crippen LogP) is 3.08. The van der Waals surface area contributed by atoms with Crippen LogP contribution in [0.3, 0.4) is 0 Å². The van der Waals surface area contributed by atoms with Crippen LogP contribution in [-0.4, -0.2) is 28.0 Å². The average Bonchev–Trinajstić information content (AvgIpc) is 2.59. The maximum absolute atomic E-state index is 14.5. The molecule has 7 nitrogen and oxygen atoms in total. The van der Waals surface area contributed by atoms with Crippen molar-refractivity contribution in [2.24, 2.45) is 17.4 Å². The number of aryl methyl sites for hydroxylation is 1. The zero-order valence-corrected chi connectivity index (χ0v) is 16.4. The van der Waals surface area contributed by atoms with E-state index in [1.54, 1.807) is 0 Å². The van der Waals surface area contributed by atoms with Crippen LogP contribution >= 0.6 is 0 Å². The fraction of sp³-hybridized carbons (Fsp3) is 0.421. The van der Waals surface area contributed by atoms with Gasteiger partial charge in [0.2, 0.25) is 0 Å². The number of halogens is 2. The molecule has 2 atom stereocenters. The number of carbonyl (C=O) groups excluding carboxylic acids is 1. The van der Waals surface area contributed by atoms with Crippen molar-refractivity contribution in [3.63, 3.8) is 0 Å². The molecule has 0 unspecified atom stereocenters. The van der Waals surface area contributed by atoms with Crippen molar-refractivity contribution in [1.82, 2.24) is 9.97 Å². The molecule has 0 spiro atoms. The third-order valence-corrected chi connectivity index (χ3v) is 4.21. The molecule has 9 heteroatoms. The maximum Gasteiger partial charge on any atom is 0.252 e. The van der Waals surface area contributed by atoms with Crippen LogP contribution in [-0.2, 0) is 0 Å². The average molecular weight is 392 g/mol. The molecule has 0 aromatic carbocycles. The molecule has 0 bridgehead atoms. The number of hydrogen-bond donors (Lipinski definition) is 4. The summed E-state index contributed by atoms with van der Waals surface area (Å²) in [7, 11) is 0. The van der Waals surface area contributed by atoms with Crippen molar-refractivity contribution in [1.29, 1.82) is 0 Å². The van der Waals surface area contributed by atoms with Crippen LogP contribution in [0.25, 0.3) is 0 Å². The third kappa shape index (κ3) is 5.35. The number of nitrogens with zero attached hydrogens (tertiary/aromatic N) is 2. The topological polar surface area (TPSA) is 119 Å². The zero-order valence-electron chi connectivity index (χ0n) is 16.4. The van der Waals surface area contributed by atoms with E-state index in [1.165, 1.54) is 19.2 Å². The molecule has 28 heavy (non-hydrogen) atoms. The Kier molecular flexibility index (Phi) is 6.85. The third-order valence-electron chi connectivity index (χ3n) is 4.21. The number of anilines is 3. The Morgan fingerprint density at radius 1 is 1.18 bits per heavy atom. The van der Waals surface area contributed by atoms with Gasteiger partial charge >= 0.3 is 0 Å². The first kappa shape index (κ1) is 21.5. The Morgan fingerprint density at radius 2 is 1.86 bits per heavy atom. The molecular weight excluding hydrogens is 366 g/mol. The standard InChI is InChI=1S/C19H26F2N6O/c1-9(2)5-16(10(3)22)26-19-15(21)7-13(17(23)28)18(27-19)25-12-6-14(20)11(4)24-8-12/h6-10,16H,5,22H2,1-4H3,(H2,23,28)(H2,25,26,27)/t10-,16+/m0/s1. The van der Waals surface area contributed by atoms with Gasteiger partial charge in [0.1, 0.15) is 11.6 Å². The van der Waals surface area contributed by atoms with Crippen molar-refractivity contribution >= 4 is 23.2 Å². The number of pyridine rings is 2. The van der Waals surface area contributed by atoms with E-state index in [0.29, 0.717) is 12.3 Å². The lowest BCUT2D eigenvalue weighted by molar-refractivity contribution is 0.100. The number of carbonyl (C=O) groups is 1. The highest BCUT2D eigenvalue weighted by Crippen LogP contribution is 2.25. The van der Waals surface area contributed by atoms with Crippen molar-refractivity contribution in [3.8, 4) is 0 Å². The van der Waals surface area contributed by atoms with Gasteiger partial charge in [-0.3, -0.25) is 9.78 Å². The van der Waals surface area contributed by atoms with E-state index >= 15 is 0 Å². The normalized spacial score (nSPS) is 13.3. The SMILES string of the molecule is Cc1ncc(Nc2nc(N[C@H](CC(C)C)[C@H](C)N)c(F)cc2C(N)=O)cc1F. The van der Waals surface area contributed by atoms with Gasteiger partial charge in [0, 0.05) is 18.2 Å². The lowest BCUT2D eigenvalue weighted by atomic mass is 9.99. The van der Waals surface area contributed by atoms with Gasteiger partial charge in [-0.25, -0.2) is 13.8 Å². The van der Waals surface area contributed by atoms with E-state index in [4.69, 9.17) is 11.5 Å². The quantitative estimate of drug-likeness (QED) is 0.548. The molecule has 0 aliphatic heterocycles. The maximum atomic E-state index is 14.5. The highest BCUT2D eigenvalue weighted by atomic mass is 19.1. The second-order valence-electron chi connectivity index (χ2n) is 7.23. The van der Waals surface area contributed by atoms with E-state index in [9.17, 15) is 13.6 Å². The molecule has 2 rings (SSSR count). The lowest BCUT2D eigenvalue weighted by Crippen LogP contribution is -2.39. The molecule has 0 saturated heterocycles. The number of amides is 1. The van der Waals surface area contributed by atoms with E-state index in [1.807, 2.05) is 20.8 Å². The first-order valence-corrected chi connectivity index (χ1v) is 9.00. The van der Waals surface area contributed by atoms with Crippen LogP contribution in [0.5, 0.6) is 0 Å². The van der Waals surface area contributed by atoms with Gasteiger partial charge in [0.25, 0.3) is 5.91 Å². The lowest BCUT2D eigenvalue weighted by Gasteiger charge is -2.25. The van der Waals surface area contributed by atoms with Crippen molar-refractivity contribution in [2.75, 3.05) is 10.6 Å². The Hall–Kier alpha value is -2.81. The minimum atomic E-state index is -0.869. The van der Waals surface area contributed by atoms with Gasteiger partial charge in [-0.15, -0.1) is 0 Å². The van der Waals surface area contributed by atoms with Gasteiger partial charge in [-0.1, -0.05) is 13.8 Å². The molecule has 6 N–H and O–H groups in total. The Balaban J connectivity index is 2.41. The van der Waals surface area contributed by atoms with Gasteiger partial charge < -0.3 is 22.1 Å². The molecule has 2 aromatic heterocycles. The number of aromatic nitrogens is 2. The summed E-state index contributed by atoms with van der Waals surface area (Å²) in [5, 5.41) is 5.78. The van der Waals surface area contributed by atoms with Crippen molar-refractivity contribution in [2.45, 2.75) is 46.2 Å². The molecule has 0 aliphatic carbocycles. The Bertz CT molecular complexity index is 857. The van der Waals surface area contributed by atoms with Gasteiger partial charge in [0.15, 0.2) is 11.6 Å². The van der Waals surface area contributed by atoms with E-state index < -0.39 is 17.5 Å². The summed E-state index contributed by atoms with van der Waals surface area (Å²) in [6.45, 7) is 7.40. The van der Waals surface area contributed by atoms with Crippen LogP contribution in [0.2, 0.25) is 0 Å². The second-order valence-corrected chi connectivity index (χ2v) is 7.23. The molecule has 2 heterocycles. The number of nitrogens with one attached hydrogen (secondary N) is 2. The van der Waals surface area contributed by atoms with Crippen LogP contribution in [0, 0.1) is 24.5 Å². The van der Waals surface area contributed by atoms with E-state index in [0.717, 1.165) is 6.07 Å². The molecule has 0 fully saturated rings. The summed E-state index contributed by atoms with van der Waals surface area (Å²) < 4.78 is 28.3. The fourth-order valence-electron chi connectivity index (χ4n) is 2.67. The van der Waals surface area contributed by atoms with E-state index in [2.05, 4.69) is 20.6 Å². The van der Waals surface area contributed by atoms with Crippen LogP contribution in [0.1, 0.15) is 43.2 Å². The predicted molar refractivity (Wildman–Crippen MR) is 105 cm³/mol. The second kappa shape index (κ2) is 8.92. The first-order valence-electron chi connectivity index (χ1n) is 9.00. The highest BCUT2D eigenvalue weighted by molar-refractivity contribution is 5.98. The Labute approximate surface area is 162 Å². The van der Waals surface area contributed by atoms with Crippen molar-refractivity contribution < 1.29 is 13.6 Å². The van der Waals surface area contributed by atoms with Crippen LogP contribution in [0.15, 0.2) is 18.3 Å². The number of hydrogen-bond acceptors (Lipinski definition) is 6. The summed E-state index contributed by atoms with van der Waals surface area (Å²) in [6, 6.07) is 1.71. The number of rotatable bonds is 8. The molecule has 0 aliphatic rings. The molecule has 152 valence electrons. The molecule has 0 radical (unpaired) electrons. The largest absolute Gasteiger partial charge is 0.365 e. The van der Waals surface area contributed by atoms with Crippen LogP contribution < -0.4 is 22.1 Å². The van der Waals surface area contributed by atoms with E-state index in [-0.39, 0.29) is 40.7 Å². The molecule has 1 amide bonds. The summed E-state index contributed by atoms with van der Waals surface area (Å²) in [4.78, 5) is 19.8. The minimum absolute atomic E-state index is 0.00516. The highest BCUT2D eigenvalue weighted by Gasteiger charge is 2.21. The number of primary amides is 1. The fourth-order valence-corrected chi connectivity index (χ4v) is 2.67. The summed E-state index contributed by atoms with van der Waals surface area (Å²) in [5.74, 6) is -1.88. The molecule has 0 saturated carbocycles. The minimum Gasteiger partial charge on any atom is -0.365 e. The van der Waals surface area contributed by atoms with Gasteiger partial charge in [-0.05, 0) is 32.3 Å². The first-order chi connectivity index (χ1) is 13.1. The smallest absolute Gasteiger partial charge is 0.252 e. The molecule has 2 aromatic rings. The van der Waals surface area contributed by atoms with Crippen LogP contribution in [0.4, 0.5) is 26.1 Å². The summed E-state index contributed by atoms with van der Waals surface area (Å²) >= 11 is 0.